The van der Waals surface area contributed by atoms with Crippen molar-refractivity contribution in [3.63, 3.8) is 0 Å². The van der Waals surface area contributed by atoms with E-state index in [4.69, 9.17) is 5.11 Å². The molecule has 1 fully saturated rings. The first-order valence-electron chi connectivity index (χ1n) is 5.70. The van der Waals surface area contributed by atoms with Crippen LogP contribution in [0.15, 0.2) is 0 Å². The molecule has 0 bridgehead atoms. The van der Waals surface area contributed by atoms with E-state index in [9.17, 15) is 4.79 Å². The van der Waals surface area contributed by atoms with Crippen LogP contribution in [0.2, 0.25) is 0 Å². The largest absolute Gasteiger partial charge is 0.468 e. The molecule has 1 saturated carbocycles. The molecule has 1 atom stereocenters. The molecular weight excluding hydrogens is 194 g/mol. The van der Waals surface area contributed by atoms with Gasteiger partial charge in [0.25, 0.3) is 0 Å². The van der Waals surface area contributed by atoms with Gasteiger partial charge in [0.05, 0.1) is 13.7 Å². The van der Waals surface area contributed by atoms with Gasteiger partial charge in [0.1, 0.15) is 6.04 Å². The van der Waals surface area contributed by atoms with E-state index in [0.717, 1.165) is 6.54 Å². The molecule has 0 aromatic rings. The Balaban J connectivity index is 2.23. The number of methoxy groups -OCH3 is 1. The molecular formula is C11H21NO3. The maximum atomic E-state index is 11.2. The number of carbonyl (C=O) groups excluding carboxylic acids is 1. The number of esters is 1. The zero-order valence-electron chi connectivity index (χ0n) is 9.37. The fourth-order valence-electron chi connectivity index (χ4n) is 2.06. The monoisotopic (exact) mass is 215 g/mol. The van der Waals surface area contributed by atoms with Gasteiger partial charge < -0.3 is 15.2 Å². The number of hydrogen-bond donors (Lipinski definition) is 2. The minimum atomic E-state index is -0.558. The smallest absolute Gasteiger partial charge is 0.325 e. The van der Waals surface area contributed by atoms with E-state index >= 15 is 0 Å². The third kappa shape index (κ3) is 4.18. The first-order chi connectivity index (χ1) is 7.27. The fourth-order valence-corrected chi connectivity index (χ4v) is 2.06. The van der Waals surface area contributed by atoms with Crippen LogP contribution >= 0.6 is 0 Å². The molecule has 0 aromatic heterocycles. The molecule has 4 heteroatoms. The number of hydrogen-bond acceptors (Lipinski definition) is 4. The Labute approximate surface area is 91.0 Å². The highest BCUT2D eigenvalue weighted by molar-refractivity contribution is 5.75. The number of aliphatic hydroxyl groups is 1. The van der Waals surface area contributed by atoms with Gasteiger partial charge in [0.15, 0.2) is 0 Å². The molecule has 0 saturated heterocycles. The summed E-state index contributed by atoms with van der Waals surface area (Å²) in [6.07, 6.45) is 6.36. The standard InChI is InChI=1S/C11H21NO3/c1-15-11(14)10(8-13)12-7-9-5-3-2-4-6-9/h9-10,12-13H,2-8H2,1H3. The highest BCUT2D eigenvalue weighted by Crippen LogP contribution is 2.22. The van der Waals surface area contributed by atoms with Crippen LogP contribution in [0, 0.1) is 5.92 Å². The maximum Gasteiger partial charge on any atom is 0.325 e. The molecule has 0 aromatic carbocycles. The Bertz CT molecular complexity index is 190. The SMILES string of the molecule is COC(=O)C(CO)NCC1CCCCC1. The Hall–Kier alpha value is -0.610. The molecule has 0 heterocycles. The molecule has 88 valence electrons. The van der Waals surface area contributed by atoms with E-state index in [1.54, 1.807) is 0 Å². The third-order valence-corrected chi connectivity index (χ3v) is 3.05. The van der Waals surface area contributed by atoms with Gasteiger partial charge >= 0.3 is 5.97 Å². The van der Waals surface area contributed by atoms with Crippen LogP contribution in [0.4, 0.5) is 0 Å². The molecule has 0 radical (unpaired) electrons. The van der Waals surface area contributed by atoms with E-state index in [-0.39, 0.29) is 12.6 Å². The summed E-state index contributed by atoms with van der Waals surface area (Å²) in [6.45, 7) is 0.611. The van der Waals surface area contributed by atoms with Crippen molar-refractivity contribution in [2.45, 2.75) is 38.1 Å². The predicted molar refractivity (Wildman–Crippen MR) is 57.5 cm³/mol. The molecule has 15 heavy (non-hydrogen) atoms. The molecule has 0 aliphatic heterocycles. The molecule has 1 unspecified atom stereocenters. The maximum absolute atomic E-state index is 11.2. The van der Waals surface area contributed by atoms with Gasteiger partial charge in [0, 0.05) is 0 Å². The molecule has 2 N–H and O–H groups in total. The Morgan fingerprint density at radius 3 is 2.67 bits per heavy atom. The van der Waals surface area contributed by atoms with E-state index in [0.29, 0.717) is 5.92 Å². The van der Waals surface area contributed by atoms with E-state index in [2.05, 4.69) is 10.1 Å². The Morgan fingerprint density at radius 1 is 1.47 bits per heavy atom. The molecule has 0 spiro atoms. The van der Waals surface area contributed by atoms with Crippen LogP contribution in [0.5, 0.6) is 0 Å². The lowest BCUT2D eigenvalue weighted by Crippen LogP contribution is -2.43. The highest BCUT2D eigenvalue weighted by atomic mass is 16.5. The van der Waals surface area contributed by atoms with Crippen molar-refractivity contribution in [1.82, 2.24) is 5.32 Å². The Kier molecular flexibility index (Phi) is 5.65. The van der Waals surface area contributed by atoms with Crippen LogP contribution in [0.3, 0.4) is 0 Å². The van der Waals surface area contributed by atoms with Crippen molar-refractivity contribution < 1.29 is 14.6 Å². The van der Waals surface area contributed by atoms with Crippen molar-refractivity contribution >= 4 is 5.97 Å². The van der Waals surface area contributed by atoms with Gasteiger partial charge in [-0.15, -0.1) is 0 Å². The average Bonchev–Trinajstić information content (AvgIpc) is 2.31. The van der Waals surface area contributed by atoms with Gasteiger partial charge in [-0.1, -0.05) is 19.3 Å². The van der Waals surface area contributed by atoms with Crippen LogP contribution in [0.1, 0.15) is 32.1 Å². The summed E-state index contributed by atoms with van der Waals surface area (Å²) < 4.78 is 4.58. The van der Waals surface area contributed by atoms with Gasteiger partial charge in [-0.3, -0.25) is 4.79 Å². The quantitative estimate of drug-likeness (QED) is 0.662. The normalized spacial score (nSPS) is 19.9. The Morgan fingerprint density at radius 2 is 2.13 bits per heavy atom. The summed E-state index contributed by atoms with van der Waals surface area (Å²) in [5.41, 5.74) is 0. The van der Waals surface area contributed by atoms with Gasteiger partial charge in [-0.2, -0.15) is 0 Å². The number of nitrogens with one attached hydrogen (secondary N) is 1. The summed E-state index contributed by atoms with van der Waals surface area (Å²) >= 11 is 0. The zero-order valence-corrected chi connectivity index (χ0v) is 9.37. The molecule has 1 aliphatic rings. The fraction of sp³-hybridized carbons (Fsp3) is 0.909. The molecule has 4 nitrogen and oxygen atoms in total. The second-order valence-corrected chi connectivity index (χ2v) is 4.17. The van der Waals surface area contributed by atoms with Gasteiger partial charge in [0.2, 0.25) is 0 Å². The van der Waals surface area contributed by atoms with Gasteiger partial charge in [-0.05, 0) is 25.3 Å². The number of ether oxygens (including phenoxy) is 1. The summed E-state index contributed by atoms with van der Waals surface area (Å²) in [6, 6.07) is -0.558. The lowest BCUT2D eigenvalue weighted by Gasteiger charge is -2.23. The number of rotatable bonds is 5. The third-order valence-electron chi connectivity index (χ3n) is 3.05. The summed E-state index contributed by atoms with van der Waals surface area (Å²) in [7, 11) is 1.34. The van der Waals surface area contributed by atoms with E-state index in [1.165, 1.54) is 39.2 Å². The predicted octanol–water partition coefficient (Wildman–Crippen LogP) is 0.690. The zero-order chi connectivity index (χ0) is 11.1. The minimum Gasteiger partial charge on any atom is -0.468 e. The van der Waals surface area contributed by atoms with Crippen LogP contribution in [0.25, 0.3) is 0 Å². The van der Waals surface area contributed by atoms with Crippen molar-refractivity contribution in [1.29, 1.82) is 0 Å². The highest BCUT2D eigenvalue weighted by Gasteiger charge is 2.20. The van der Waals surface area contributed by atoms with Crippen LogP contribution < -0.4 is 5.32 Å². The van der Waals surface area contributed by atoms with E-state index < -0.39 is 6.04 Å². The van der Waals surface area contributed by atoms with Crippen molar-refractivity contribution in [2.75, 3.05) is 20.3 Å². The number of carbonyl (C=O) groups is 1. The average molecular weight is 215 g/mol. The second-order valence-electron chi connectivity index (χ2n) is 4.17. The van der Waals surface area contributed by atoms with Crippen LogP contribution in [-0.4, -0.2) is 37.4 Å². The van der Waals surface area contributed by atoms with Crippen molar-refractivity contribution in [2.24, 2.45) is 5.92 Å². The lowest BCUT2D eigenvalue weighted by molar-refractivity contribution is -0.144. The van der Waals surface area contributed by atoms with Gasteiger partial charge in [-0.25, -0.2) is 0 Å². The molecule has 1 rings (SSSR count). The first-order valence-corrected chi connectivity index (χ1v) is 5.70. The molecule has 0 amide bonds. The lowest BCUT2D eigenvalue weighted by atomic mass is 9.89. The summed E-state index contributed by atoms with van der Waals surface area (Å²) in [5, 5.41) is 12.1. The van der Waals surface area contributed by atoms with E-state index in [1.807, 2.05) is 0 Å². The summed E-state index contributed by atoms with van der Waals surface area (Å²) in [5.74, 6) is 0.269. The number of aliphatic hydroxyl groups excluding tert-OH is 1. The van der Waals surface area contributed by atoms with Crippen molar-refractivity contribution in [3.8, 4) is 0 Å². The summed E-state index contributed by atoms with van der Waals surface area (Å²) in [4.78, 5) is 11.2. The second kappa shape index (κ2) is 6.80. The van der Waals surface area contributed by atoms with Crippen molar-refractivity contribution in [3.05, 3.63) is 0 Å². The van der Waals surface area contributed by atoms with Crippen LogP contribution in [-0.2, 0) is 9.53 Å². The first kappa shape index (κ1) is 12.5. The topological polar surface area (TPSA) is 58.6 Å². The minimum absolute atomic E-state index is 0.195. The molecule has 1 aliphatic carbocycles.